The quantitative estimate of drug-likeness (QED) is 0.775. The van der Waals surface area contributed by atoms with Crippen LogP contribution < -0.4 is 20.7 Å². The Labute approximate surface area is 182 Å². The maximum absolute atomic E-state index is 6.12. The van der Waals surface area contributed by atoms with E-state index in [9.17, 15) is 0 Å². The maximum atomic E-state index is 6.12. The van der Waals surface area contributed by atoms with Crippen LogP contribution in [-0.4, -0.2) is 56.5 Å². The van der Waals surface area contributed by atoms with Crippen molar-refractivity contribution in [2.75, 3.05) is 43.6 Å². The number of nitrogens with zero attached hydrogens (tertiary/aromatic N) is 4. The molecule has 0 bridgehead atoms. The number of anilines is 2. The monoisotopic (exact) mass is 430 g/mol. The predicted molar refractivity (Wildman–Crippen MR) is 123 cm³/mol. The molecule has 160 valence electrons. The molecule has 0 radical (unpaired) electrons. The summed E-state index contributed by atoms with van der Waals surface area (Å²) in [5.41, 5.74) is 9.15. The molecule has 4 rings (SSSR count). The summed E-state index contributed by atoms with van der Waals surface area (Å²) >= 11 is 0. The molecule has 3 N–H and O–H groups in total. The summed E-state index contributed by atoms with van der Waals surface area (Å²) in [6.45, 7) is 4.89. The molecule has 1 saturated heterocycles. The Bertz CT molecular complexity index is 929. The van der Waals surface area contributed by atoms with Gasteiger partial charge in [0.05, 0.1) is 20.3 Å². The first-order chi connectivity index (χ1) is 14.1. The topological polar surface area (TPSA) is 87.7 Å². The number of hydrogen-bond acceptors (Lipinski definition) is 8. The number of rotatable bonds is 4. The van der Waals surface area contributed by atoms with E-state index in [1.165, 1.54) is 0 Å². The lowest BCUT2D eigenvalue weighted by molar-refractivity contribution is 0.0671. The first kappa shape index (κ1) is 21.7. The second-order valence-corrected chi connectivity index (χ2v) is 6.96. The number of nitrogens with two attached hydrogens (primary N) is 1. The molecule has 0 spiro atoms. The van der Waals surface area contributed by atoms with Crippen molar-refractivity contribution in [1.82, 2.24) is 4.90 Å². The average molecular weight is 431 g/mol. The molecule has 0 aromatic heterocycles. The standard InChI is InChI=1S/C21H26N6O2.ClH/c1-15-5-3-7-17(13-15)27-20(23-16-6-4-8-18(14-16)28-2)24-19(22)25-21(27)26-9-11-29-12-10-26;/h3-8,13-14,20,23H,9-12H2,1-2H3,(H2,22,24);1H. The Morgan fingerprint density at radius 2 is 1.90 bits per heavy atom. The van der Waals surface area contributed by atoms with Crippen LogP contribution in [0.1, 0.15) is 5.56 Å². The van der Waals surface area contributed by atoms with Gasteiger partial charge in [0.25, 0.3) is 0 Å². The van der Waals surface area contributed by atoms with Gasteiger partial charge in [-0.25, -0.2) is 4.99 Å². The highest BCUT2D eigenvalue weighted by atomic mass is 35.5. The van der Waals surface area contributed by atoms with Gasteiger partial charge in [0.15, 0.2) is 0 Å². The zero-order valence-corrected chi connectivity index (χ0v) is 17.9. The summed E-state index contributed by atoms with van der Waals surface area (Å²) in [6.07, 6.45) is -0.445. The van der Waals surface area contributed by atoms with E-state index in [0.717, 1.165) is 41.7 Å². The third kappa shape index (κ3) is 4.77. The van der Waals surface area contributed by atoms with Crippen LogP contribution >= 0.6 is 12.4 Å². The number of halogens is 1. The van der Waals surface area contributed by atoms with Crippen LogP contribution in [0, 0.1) is 6.92 Å². The first-order valence-corrected chi connectivity index (χ1v) is 9.65. The molecule has 2 aromatic rings. The van der Waals surface area contributed by atoms with Gasteiger partial charge in [-0.15, -0.1) is 12.4 Å². The van der Waals surface area contributed by atoms with Crippen molar-refractivity contribution in [2.45, 2.75) is 13.2 Å². The van der Waals surface area contributed by atoms with Crippen LogP contribution in [0.3, 0.4) is 0 Å². The van der Waals surface area contributed by atoms with Crippen LogP contribution in [0.5, 0.6) is 5.75 Å². The minimum Gasteiger partial charge on any atom is -0.497 e. The number of hydrogen-bond donors (Lipinski definition) is 2. The molecule has 2 aliphatic heterocycles. The van der Waals surface area contributed by atoms with Gasteiger partial charge in [-0.1, -0.05) is 18.2 Å². The lowest BCUT2D eigenvalue weighted by Gasteiger charge is -2.41. The molecule has 1 fully saturated rings. The van der Waals surface area contributed by atoms with E-state index in [-0.39, 0.29) is 18.4 Å². The van der Waals surface area contributed by atoms with Gasteiger partial charge in [0.1, 0.15) is 5.75 Å². The van der Waals surface area contributed by atoms with E-state index in [2.05, 4.69) is 50.2 Å². The minimum absolute atomic E-state index is 0. The third-order valence-electron chi connectivity index (χ3n) is 4.87. The van der Waals surface area contributed by atoms with Gasteiger partial charge in [0, 0.05) is 30.5 Å². The molecular weight excluding hydrogens is 404 g/mol. The van der Waals surface area contributed by atoms with Crippen molar-refractivity contribution in [3.63, 3.8) is 0 Å². The summed E-state index contributed by atoms with van der Waals surface area (Å²) in [4.78, 5) is 13.4. The number of morpholine rings is 1. The summed E-state index contributed by atoms with van der Waals surface area (Å²) in [7, 11) is 1.65. The summed E-state index contributed by atoms with van der Waals surface area (Å²) in [5, 5.41) is 3.46. The fourth-order valence-electron chi connectivity index (χ4n) is 3.46. The highest BCUT2D eigenvalue weighted by molar-refractivity contribution is 6.06. The van der Waals surface area contributed by atoms with E-state index in [1.807, 2.05) is 30.3 Å². The minimum atomic E-state index is -0.445. The van der Waals surface area contributed by atoms with Gasteiger partial charge in [-0.3, -0.25) is 4.90 Å². The van der Waals surface area contributed by atoms with Crippen molar-refractivity contribution in [1.29, 1.82) is 0 Å². The third-order valence-corrected chi connectivity index (χ3v) is 4.87. The van der Waals surface area contributed by atoms with Crippen LogP contribution in [0.2, 0.25) is 0 Å². The molecule has 2 heterocycles. The number of benzene rings is 2. The molecule has 0 amide bonds. The lowest BCUT2D eigenvalue weighted by atomic mass is 10.2. The van der Waals surface area contributed by atoms with Crippen LogP contribution in [-0.2, 0) is 4.74 Å². The summed E-state index contributed by atoms with van der Waals surface area (Å²) in [5.74, 6) is 1.79. The summed E-state index contributed by atoms with van der Waals surface area (Å²) in [6, 6.07) is 16.0. The Morgan fingerprint density at radius 3 is 2.63 bits per heavy atom. The van der Waals surface area contributed by atoms with Gasteiger partial charge < -0.3 is 25.4 Å². The normalized spacial score (nSPS) is 18.8. The Hall–Kier alpha value is -2.97. The fourth-order valence-corrected chi connectivity index (χ4v) is 3.46. The van der Waals surface area contributed by atoms with Crippen molar-refractivity contribution in [2.24, 2.45) is 15.7 Å². The van der Waals surface area contributed by atoms with Crippen LogP contribution in [0.4, 0.5) is 11.4 Å². The van der Waals surface area contributed by atoms with Crippen molar-refractivity contribution in [3.8, 4) is 5.75 Å². The van der Waals surface area contributed by atoms with E-state index in [0.29, 0.717) is 13.2 Å². The highest BCUT2D eigenvalue weighted by Crippen LogP contribution is 2.26. The maximum Gasteiger partial charge on any atom is 0.222 e. The number of aryl methyl sites for hydroxylation is 1. The Balaban J connectivity index is 0.00000256. The van der Waals surface area contributed by atoms with Crippen LogP contribution in [0.25, 0.3) is 0 Å². The van der Waals surface area contributed by atoms with Crippen LogP contribution in [0.15, 0.2) is 58.5 Å². The number of ether oxygens (including phenoxy) is 2. The molecule has 1 atom stereocenters. The SMILES string of the molecule is COc1cccc(NC2N=C(N)N=C(N3CCOCC3)N2c2cccc(C)c2)c1.Cl. The van der Waals surface area contributed by atoms with Gasteiger partial charge in [-0.05, 0) is 36.8 Å². The molecule has 0 saturated carbocycles. The smallest absolute Gasteiger partial charge is 0.222 e. The number of aliphatic imine (C=N–C) groups is 2. The zero-order chi connectivity index (χ0) is 20.2. The molecule has 0 aliphatic carbocycles. The van der Waals surface area contributed by atoms with Crippen molar-refractivity contribution < 1.29 is 9.47 Å². The first-order valence-electron chi connectivity index (χ1n) is 9.65. The molecule has 2 aliphatic rings. The Morgan fingerprint density at radius 1 is 1.13 bits per heavy atom. The summed E-state index contributed by atoms with van der Waals surface area (Å²) < 4.78 is 10.9. The van der Waals surface area contributed by atoms with E-state index in [1.54, 1.807) is 7.11 Å². The zero-order valence-electron chi connectivity index (χ0n) is 17.1. The highest BCUT2D eigenvalue weighted by Gasteiger charge is 2.32. The van der Waals surface area contributed by atoms with E-state index < -0.39 is 6.29 Å². The largest absolute Gasteiger partial charge is 0.497 e. The van der Waals surface area contributed by atoms with E-state index >= 15 is 0 Å². The number of methoxy groups -OCH3 is 1. The van der Waals surface area contributed by atoms with Crippen molar-refractivity contribution in [3.05, 3.63) is 54.1 Å². The van der Waals surface area contributed by atoms with E-state index in [4.69, 9.17) is 15.2 Å². The second-order valence-electron chi connectivity index (χ2n) is 6.96. The van der Waals surface area contributed by atoms with Gasteiger partial charge >= 0.3 is 0 Å². The molecule has 30 heavy (non-hydrogen) atoms. The van der Waals surface area contributed by atoms with Gasteiger partial charge in [-0.2, -0.15) is 4.99 Å². The number of nitrogens with one attached hydrogen (secondary N) is 1. The molecule has 1 unspecified atom stereocenters. The Kier molecular flexibility index (Phi) is 7.02. The predicted octanol–water partition coefficient (Wildman–Crippen LogP) is 2.64. The van der Waals surface area contributed by atoms with Gasteiger partial charge in [0.2, 0.25) is 18.2 Å². The number of guanidine groups is 2. The molecule has 2 aromatic carbocycles. The molecule has 8 nitrogen and oxygen atoms in total. The molecular formula is C21H27ClN6O2. The fraction of sp³-hybridized carbons (Fsp3) is 0.333. The average Bonchev–Trinajstić information content (AvgIpc) is 2.74. The van der Waals surface area contributed by atoms with Crippen molar-refractivity contribution >= 4 is 35.7 Å². The second kappa shape index (κ2) is 9.69. The lowest BCUT2D eigenvalue weighted by Crippen LogP contribution is -2.57. The molecule has 9 heteroatoms.